The summed E-state index contributed by atoms with van der Waals surface area (Å²) in [5, 5.41) is 18.1. The first kappa shape index (κ1) is 28.5. The number of Topliss-reactive ketones (excluding diaryl/α,β-unsaturated/α-hetero) is 1. The number of benzene rings is 2. The SMILES string of the molecule is CCCC(O)C(CC)CO.Cc1cc(C)c(OC(=O)C(=O)c2c(C)cc(C)cc2C)c(C)c1. The van der Waals surface area contributed by atoms with Gasteiger partial charge in [-0.3, -0.25) is 4.79 Å². The normalized spacial score (nSPS) is 12.4. The maximum atomic E-state index is 12.5. The summed E-state index contributed by atoms with van der Waals surface area (Å²) in [6.45, 7) is 15.5. The zero-order chi connectivity index (χ0) is 25.3. The van der Waals surface area contributed by atoms with E-state index >= 15 is 0 Å². The predicted molar refractivity (Wildman–Crippen MR) is 133 cm³/mol. The Labute approximate surface area is 198 Å². The number of carbonyl (C=O) groups excluding carboxylic acids is 2. The van der Waals surface area contributed by atoms with Gasteiger partial charge in [0.15, 0.2) is 0 Å². The number of ether oxygens (including phenoxy) is 1. The third kappa shape index (κ3) is 8.09. The first-order valence-electron chi connectivity index (χ1n) is 11.7. The predicted octanol–water partition coefficient (Wildman–Crippen LogP) is 5.49. The van der Waals surface area contributed by atoms with Crippen LogP contribution in [0.15, 0.2) is 24.3 Å². The van der Waals surface area contributed by atoms with Crippen LogP contribution in [0.4, 0.5) is 0 Å². The van der Waals surface area contributed by atoms with Crippen LogP contribution in [0.25, 0.3) is 0 Å². The molecular weight excluding hydrogens is 416 g/mol. The van der Waals surface area contributed by atoms with Gasteiger partial charge in [0.05, 0.1) is 6.10 Å². The standard InChI is InChI=1S/C20H22O3.C8H18O2/c1-11-7-13(3)17(14(4)8-11)18(21)20(22)23-19-15(5)9-12(2)10-16(19)6;1-3-5-8(10)7(4-2)6-9/h7-10H,1-6H3;7-10H,3-6H2,1-2H3. The molecule has 2 atom stereocenters. The van der Waals surface area contributed by atoms with Gasteiger partial charge in [-0.2, -0.15) is 0 Å². The molecule has 0 bridgehead atoms. The number of hydrogen-bond donors (Lipinski definition) is 2. The van der Waals surface area contributed by atoms with E-state index in [2.05, 4.69) is 0 Å². The first-order valence-corrected chi connectivity index (χ1v) is 11.7. The second-order valence-corrected chi connectivity index (χ2v) is 8.93. The topological polar surface area (TPSA) is 83.8 Å². The fourth-order valence-electron chi connectivity index (χ4n) is 4.16. The van der Waals surface area contributed by atoms with Gasteiger partial charge < -0.3 is 14.9 Å². The highest BCUT2D eigenvalue weighted by Crippen LogP contribution is 2.26. The maximum absolute atomic E-state index is 12.5. The van der Waals surface area contributed by atoms with Crippen LogP contribution in [-0.4, -0.2) is 34.7 Å². The molecule has 0 radical (unpaired) electrons. The molecule has 0 aromatic heterocycles. The van der Waals surface area contributed by atoms with Gasteiger partial charge in [0.25, 0.3) is 5.78 Å². The van der Waals surface area contributed by atoms with Crippen molar-refractivity contribution in [1.29, 1.82) is 0 Å². The number of aliphatic hydroxyl groups excluding tert-OH is 2. The van der Waals surface area contributed by atoms with Gasteiger partial charge in [0.2, 0.25) is 0 Å². The molecule has 0 fully saturated rings. The molecule has 0 spiro atoms. The molecule has 0 heterocycles. The van der Waals surface area contributed by atoms with Gasteiger partial charge in [-0.05, 0) is 76.6 Å². The summed E-state index contributed by atoms with van der Waals surface area (Å²) in [6.07, 6.45) is 2.34. The average Bonchev–Trinajstić information content (AvgIpc) is 2.71. The molecule has 2 N–H and O–H groups in total. The molecule has 0 amide bonds. The lowest BCUT2D eigenvalue weighted by Crippen LogP contribution is -2.23. The van der Waals surface area contributed by atoms with Crippen molar-refractivity contribution in [2.75, 3.05) is 6.61 Å². The van der Waals surface area contributed by atoms with E-state index < -0.39 is 11.8 Å². The summed E-state index contributed by atoms with van der Waals surface area (Å²) in [7, 11) is 0. The zero-order valence-electron chi connectivity index (χ0n) is 21.4. The van der Waals surface area contributed by atoms with Gasteiger partial charge in [-0.25, -0.2) is 4.79 Å². The smallest absolute Gasteiger partial charge is 0.385 e. The first-order chi connectivity index (χ1) is 15.5. The largest absolute Gasteiger partial charge is 0.420 e. The van der Waals surface area contributed by atoms with Crippen molar-refractivity contribution in [3.8, 4) is 5.75 Å². The van der Waals surface area contributed by atoms with Crippen LogP contribution in [0.5, 0.6) is 5.75 Å². The Morgan fingerprint density at radius 2 is 1.30 bits per heavy atom. The molecule has 2 aromatic rings. The van der Waals surface area contributed by atoms with Crippen molar-refractivity contribution in [2.24, 2.45) is 5.92 Å². The lowest BCUT2D eigenvalue weighted by atomic mass is 9.96. The van der Waals surface area contributed by atoms with E-state index in [1.807, 2.05) is 79.7 Å². The van der Waals surface area contributed by atoms with Crippen LogP contribution in [0, 0.1) is 47.5 Å². The Balaban J connectivity index is 0.000000461. The monoisotopic (exact) mass is 456 g/mol. The second kappa shape index (κ2) is 13.3. The van der Waals surface area contributed by atoms with Crippen LogP contribution >= 0.6 is 0 Å². The number of esters is 1. The summed E-state index contributed by atoms with van der Waals surface area (Å²) in [5.74, 6) is -0.884. The number of rotatable bonds is 8. The van der Waals surface area contributed by atoms with E-state index in [4.69, 9.17) is 9.84 Å². The van der Waals surface area contributed by atoms with E-state index in [0.717, 1.165) is 52.6 Å². The van der Waals surface area contributed by atoms with Gasteiger partial charge in [0, 0.05) is 18.1 Å². The molecular formula is C28H40O5. The van der Waals surface area contributed by atoms with Crippen molar-refractivity contribution in [2.45, 2.75) is 80.8 Å². The fourth-order valence-corrected chi connectivity index (χ4v) is 4.16. The molecule has 0 aliphatic rings. The Kier molecular flexibility index (Phi) is 11.5. The molecule has 0 saturated heterocycles. The summed E-state index contributed by atoms with van der Waals surface area (Å²) in [5.41, 5.74) is 5.88. The number of aryl methyl sites for hydroxylation is 6. The number of carbonyl (C=O) groups is 2. The van der Waals surface area contributed by atoms with Crippen molar-refractivity contribution in [1.82, 2.24) is 0 Å². The summed E-state index contributed by atoms with van der Waals surface area (Å²) < 4.78 is 5.40. The van der Waals surface area contributed by atoms with Crippen LogP contribution in [-0.2, 0) is 4.79 Å². The summed E-state index contributed by atoms with van der Waals surface area (Å²) in [6, 6.07) is 7.66. The molecule has 0 saturated carbocycles. The average molecular weight is 457 g/mol. The van der Waals surface area contributed by atoms with Gasteiger partial charge in [0.1, 0.15) is 5.75 Å². The molecule has 2 rings (SSSR count). The molecule has 0 aliphatic carbocycles. The van der Waals surface area contributed by atoms with E-state index in [0.29, 0.717) is 11.3 Å². The van der Waals surface area contributed by atoms with Gasteiger partial charge >= 0.3 is 5.97 Å². The molecule has 5 heteroatoms. The number of ketones is 1. The Hall–Kier alpha value is -2.50. The molecule has 182 valence electrons. The van der Waals surface area contributed by atoms with Crippen LogP contribution in [0.3, 0.4) is 0 Å². The van der Waals surface area contributed by atoms with Gasteiger partial charge in [-0.15, -0.1) is 0 Å². The Morgan fingerprint density at radius 3 is 1.70 bits per heavy atom. The van der Waals surface area contributed by atoms with Crippen LogP contribution in [0.2, 0.25) is 0 Å². The molecule has 2 aromatic carbocycles. The highest BCUT2D eigenvalue weighted by atomic mass is 16.5. The van der Waals surface area contributed by atoms with Crippen molar-refractivity contribution in [3.05, 3.63) is 63.2 Å². The summed E-state index contributed by atoms with van der Waals surface area (Å²) >= 11 is 0. The van der Waals surface area contributed by atoms with Crippen molar-refractivity contribution < 1.29 is 24.5 Å². The Bertz CT molecular complexity index is 911. The maximum Gasteiger partial charge on any atom is 0.385 e. The van der Waals surface area contributed by atoms with Gasteiger partial charge in [-0.1, -0.05) is 55.7 Å². The number of aliphatic hydroxyl groups is 2. The van der Waals surface area contributed by atoms with E-state index in [1.165, 1.54) is 0 Å². The highest BCUT2D eigenvalue weighted by molar-refractivity contribution is 6.41. The quantitative estimate of drug-likeness (QED) is 0.237. The van der Waals surface area contributed by atoms with E-state index in [-0.39, 0.29) is 18.6 Å². The lowest BCUT2D eigenvalue weighted by molar-refractivity contribution is -0.129. The zero-order valence-corrected chi connectivity index (χ0v) is 21.4. The molecule has 2 unspecified atom stereocenters. The molecule has 5 nitrogen and oxygen atoms in total. The minimum Gasteiger partial charge on any atom is -0.420 e. The fraction of sp³-hybridized carbons (Fsp3) is 0.500. The minimum atomic E-state index is -0.838. The van der Waals surface area contributed by atoms with E-state index in [9.17, 15) is 14.7 Å². The third-order valence-corrected chi connectivity index (χ3v) is 5.78. The van der Waals surface area contributed by atoms with Crippen molar-refractivity contribution in [3.63, 3.8) is 0 Å². The molecule has 33 heavy (non-hydrogen) atoms. The minimum absolute atomic E-state index is 0.0833. The lowest BCUT2D eigenvalue weighted by Gasteiger charge is -2.17. The Morgan fingerprint density at radius 1 is 0.848 bits per heavy atom. The van der Waals surface area contributed by atoms with Crippen LogP contribution < -0.4 is 4.74 Å². The third-order valence-electron chi connectivity index (χ3n) is 5.78. The summed E-state index contributed by atoms with van der Waals surface area (Å²) in [4.78, 5) is 24.8. The van der Waals surface area contributed by atoms with Crippen molar-refractivity contribution >= 4 is 11.8 Å². The van der Waals surface area contributed by atoms with Crippen LogP contribution in [0.1, 0.15) is 76.8 Å². The second-order valence-electron chi connectivity index (χ2n) is 8.93. The highest BCUT2D eigenvalue weighted by Gasteiger charge is 2.24. The number of hydrogen-bond acceptors (Lipinski definition) is 5. The van der Waals surface area contributed by atoms with E-state index in [1.54, 1.807) is 0 Å². The molecule has 0 aliphatic heterocycles.